The lowest BCUT2D eigenvalue weighted by Crippen LogP contribution is -2.37. The summed E-state index contributed by atoms with van der Waals surface area (Å²) >= 11 is 0. The van der Waals surface area contributed by atoms with Gasteiger partial charge >= 0.3 is 0 Å². The molecule has 0 saturated carbocycles. The minimum absolute atomic E-state index is 0.0446. The third-order valence-corrected chi connectivity index (χ3v) is 3.77. The van der Waals surface area contributed by atoms with E-state index in [0.717, 1.165) is 71.5 Å². The first kappa shape index (κ1) is 10.6. The molecule has 0 bridgehead atoms. The molecular formula is C13H16N2O2. The largest absolute Gasteiger partial charge is 0.618 e. The maximum Gasteiger partial charge on any atom is 0.221 e. The van der Waals surface area contributed by atoms with Gasteiger partial charge in [0, 0.05) is 30.9 Å². The Hall–Kier alpha value is -1.58. The summed E-state index contributed by atoms with van der Waals surface area (Å²) in [4.78, 5) is 11.3. The highest BCUT2D eigenvalue weighted by molar-refractivity contribution is 5.91. The van der Waals surface area contributed by atoms with Crippen molar-refractivity contribution in [2.24, 2.45) is 0 Å². The smallest absolute Gasteiger partial charge is 0.221 e. The number of aromatic nitrogens is 1. The summed E-state index contributed by atoms with van der Waals surface area (Å²) < 4.78 is 1.13. The molecule has 1 amide bonds. The summed E-state index contributed by atoms with van der Waals surface area (Å²) in [5, 5.41) is 15.1. The number of nitrogens with zero attached hydrogens (tertiary/aromatic N) is 1. The van der Waals surface area contributed by atoms with Crippen LogP contribution in [0.5, 0.6) is 0 Å². The predicted molar refractivity (Wildman–Crippen MR) is 63.8 cm³/mol. The van der Waals surface area contributed by atoms with Crippen molar-refractivity contribution in [3.8, 4) is 0 Å². The van der Waals surface area contributed by atoms with Crippen LogP contribution in [0, 0.1) is 5.21 Å². The Morgan fingerprint density at radius 3 is 2.12 bits per heavy atom. The van der Waals surface area contributed by atoms with E-state index in [9.17, 15) is 10.0 Å². The lowest BCUT2D eigenvalue weighted by atomic mass is 10.1. The first-order chi connectivity index (χ1) is 8.18. The zero-order chi connectivity index (χ0) is 12.0. The molecule has 0 aromatic carbocycles. The summed E-state index contributed by atoms with van der Waals surface area (Å²) in [6, 6.07) is 0. The van der Waals surface area contributed by atoms with Crippen LogP contribution in [0.15, 0.2) is 0 Å². The Bertz CT molecular complexity index is 474. The van der Waals surface area contributed by atoms with Crippen LogP contribution >= 0.6 is 0 Å². The van der Waals surface area contributed by atoms with Gasteiger partial charge in [0.2, 0.25) is 5.91 Å². The molecule has 0 fully saturated rings. The number of anilines is 1. The molecule has 1 aromatic heterocycles. The highest BCUT2D eigenvalue weighted by Gasteiger charge is 2.33. The van der Waals surface area contributed by atoms with Gasteiger partial charge in [-0.15, -0.1) is 0 Å². The zero-order valence-corrected chi connectivity index (χ0v) is 10.0. The number of rotatable bonds is 1. The maximum absolute atomic E-state index is 12.2. The summed E-state index contributed by atoms with van der Waals surface area (Å²) in [5.41, 5.74) is 4.88. The molecule has 0 radical (unpaired) electrons. The number of nitrogens with one attached hydrogen (secondary N) is 1. The Kier molecular flexibility index (Phi) is 2.31. The van der Waals surface area contributed by atoms with Gasteiger partial charge in [-0.1, -0.05) is 0 Å². The van der Waals surface area contributed by atoms with E-state index in [0.29, 0.717) is 0 Å². The lowest BCUT2D eigenvalue weighted by Gasteiger charge is -2.15. The van der Waals surface area contributed by atoms with E-state index in [4.69, 9.17) is 0 Å². The number of hydrogen-bond donors (Lipinski definition) is 1. The second kappa shape index (κ2) is 3.72. The van der Waals surface area contributed by atoms with E-state index in [2.05, 4.69) is 5.32 Å². The molecule has 0 spiro atoms. The molecule has 0 saturated heterocycles. The zero-order valence-electron chi connectivity index (χ0n) is 10.0. The fourth-order valence-electron chi connectivity index (χ4n) is 3.11. The van der Waals surface area contributed by atoms with Gasteiger partial charge in [0.25, 0.3) is 0 Å². The Morgan fingerprint density at radius 2 is 1.65 bits per heavy atom. The molecular weight excluding hydrogens is 216 g/mol. The highest BCUT2D eigenvalue weighted by atomic mass is 16.5. The predicted octanol–water partition coefficient (Wildman–Crippen LogP) is 1.26. The van der Waals surface area contributed by atoms with Gasteiger partial charge in [0.15, 0.2) is 11.4 Å². The fourth-order valence-corrected chi connectivity index (χ4v) is 3.11. The van der Waals surface area contributed by atoms with Crippen LogP contribution in [0.2, 0.25) is 0 Å². The van der Waals surface area contributed by atoms with Crippen molar-refractivity contribution in [2.45, 2.75) is 45.4 Å². The van der Waals surface area contributed by atoms with Gasteiger partial charge in [0.1, 0.15) is 0 Å². The van der Waals surface area contributed by atoms with Crippen LogP contribution in [0.3, 0.4) is 0 Å². The van der Waals surface area contributed by atoms with Crippen LogP contribution in [-0.4, -0.2) is 5.91 Å². The summed E-state index contributed by atoms with van der Waals surface area (Å²) in [6.07, 6.45) is 5.57. The number of carbonyl (C=O) groups excluding carboxylic acids is 1. The van der Waals surface area contributed by atoms with Gasteiger partial charge in [0.05, 0.1) is 5.69 Å². The van der Waals surface area contributed by atoms with E-state index in [1.54, 1.807) is 0 Å². The van der Waals surface area contributed by atoms with Crippen molar-refractivity contribution in [1.82, 2.24) is 0 Å². The molecule has 1 N–H and O–H groups in total. The first-order valence-electron chi connectivity index (χ1n) is 6.25. The minimum Gasteiger partial charge on any atom is -0.618 e. The van der Waals surface area contributed by atoms with Crippen molar-refractivity contribution in [2.75, 3.05) is 5.32 Å². The summed E-state index contributed by atoms with van der Waals surface area (Å²) in [7, 11) is 0. The number of fused-ring (bicyclic) bond motifs is 2. The van der Waals surface area contributed by atoms with E-state index in [1.807, 2.05) is 0 Å². The lowest BCUT2D eigenvalue weighted by molar-refractivity contribution is -0.621. The van der Waals surface area contributed by atoms with Crippen molar-refractivity contribution in [3.63, 3.8) is 0 Å². The Labute approximate surface area is 100 Å². The third kappa shape index (κ3) is 1.51. The van der Waals surface area contributed by atoms with Crippen LogP contribution in [0.1, 0.15) is 42.3 Å². The Balaban J connectivity index is 2.22. The molecule has 0 aliphatic heterocycles. The maximum atomic E-state index is 12.2. The number of carbonyl (C=O) groups is 1. The molecule has 0 atom stereocenters. The molecule has 1 heterocycles. The quantitative estimate of drug-likeness (QED) is 0.585. The molecule has 0 unspecified atom stereocenters. The fraction of sp³-hybridized carbons (Fsp3) is 0.538. The second-order valence-corrected chi connectivity index (χ2v) is 4.91. The number of hydrogen-bond acceptors (Lipinski definition) is 2. The molecule has 4 heteroatoms. The van der Waals surface area contributed by atoms with E-state index >= 15 is 0 Å². The first-order valence-corrected chi connectivity index (χ1v) is 6.25. The van der Waals surface area contributed by atoms with Gasteiger partial charge < -0.3 is 10.5 Å². The van der Waals surface area contributed by atoms with Crippen LogP contribution in [0.4, 0.5) is 5.69 Å². The standard InChI is InChI=1S/C13H16N2O2/c1-8(16)14-13-9-4-2-6-11(9)15(17)12-7-3-5-10(12)13/h2-7H2,1H3,(H,14,16). The average molecular weight is 232 g/mol. The molecule has 17 heavy (non-hydrogen) atoms. The Morgan fingerprint density at radius 1 is 1.12 bits per heavy atom. The highest BCUT2D eigenvalue weighted by Crippen LogP contribution is 2.35. The molecule has 90 valence electrons. The summed E-state index contributed by atoms with van der Waals surface area (Å²) in [5.74, 6) is -0.0446. The van der Waals surface area contributed by atoms with Crippen molar-refractivity contribution in [3.05, 3.63) is 27.7 Å². The van der Waals surface area contributed by atoms with Gasteiger partial charge in [-0.2, -0.15) is 4.73 Å². The van der Waals surface area contributed by atoms with Gasteiger partial charge in [-0.25, -0.2) is 0 Å². The molecule has 2 aliphatic rings. The molecule has 2 aliphatic carbocycles. The normalized spacial score (nSPS) is 16.8. The van der Waals surface area contributed by atoms with Crippen molar-refractivity contribution >= 4 is 11.6 Å². The minimum atomic E-state index is -0.0446. The topological polar surface area (TPSA) is 56.0 Å². The number of pyridine rings is 1. The third-order valence-electron chi connectivity index (χ3n) is 3.77. The van der Waals surface area contributed by atoms with E-state index < -0.39 is 0 Å². The van der Waals surface area contributed by atoms with Crippen LogP contribution < -0.4 is 10.0 Å². The summed E-state index contributed by atoms with van der Waals surface area (Å²) in [6.45, 7) is 1.53. The van der Waals surface area contributed by atoms with Crippen LogP contribution in [-0.2, 0) is 30.5 Å². The van der Waals surface area contributed by atoms with E-state index in [1.165, 1.54) is 6.92 Å². The second-order valence-electron chi connectivity index (χ2n) is 4.91. The average Bonchev–Trinajstić information content (AvgIpc) is 2.92. The number of amides is 1. The molecule has 1 aromatic rings. The van der Waals surface area contributed by atoms with Crippen LogP contribution in [0.25, 0.3) is 0 Å². The van der Waals surface area contributed by atoms with Crippen molar-refractivity contribution < 1.29 is 9.52 Å². The van der Waals surface area contributed by atoms with Gasteiger partial charge in [-0.05, 0) is 25.7 Å². The van der Waals surface area contributed by atoms with Gasteiger partial charge in [-0.3, -0.25) is 4.79 Å². The monoisotopic (exact) mass is 232 g/mol. The van der Waals surface area contributed by atoms with E-state index in [-0.39, 0.29) is 5.91 Å². The molecule has 4 nitrogen and oxygen atoms in total. The SMILES string of the molecule is CC(=O)Nc1c2c([n+]([O-])c3c1CCC3)CCC2. The van der Waals surface area contributed by atoms with Crippen molar-refractivity contribution in [1.29, 1.82) is 0 Å². The molecule has 3 rings (SSSR count).